The number of amides is 1. The number of nitrogens with one attached hydrogen (secondary N) is 1. The molecule has 0 aromatic heterocycles. The van der Waals surface area contributed by atoms with E-state index in [0.717, 1.165) is 11.1 Å². The molecule has 0 aliphatic heterocycles. The van der Waals surface area contributed by atoms with Crippen molar-refractivity contribution in [3.05, 3.63) is 68.8 Å². The fraction of sp³-hybridized carbons (Fsp3) is 0.263. The maximum Gasteiger partial charge on any atom is 0.339 e. The van der Waals surface area contributed by atoms with E-state index in [1.165, 1.54) is 32.0 Å². The smallest absolute Gasteiger partial charge is 0.339 e. The van der Waals surface area contributed by atoms with E-state index in [2.05, 4.69) is 5.32 Å². The minimum Gasteiger partial charge on any atom is -0.449 e. The maximum atomic E-state index is 12.3. The molecule has 0 aliphatic carbocycles. The summed E-state index contributed by atoms with van der Waals surface area (Å²) >= 11 is 0. The number of nitro benzene ring substituents is 1. The number of nitrogens with zero attached hydrogens (tertiary/aromatic N) is 1. The number of aryl methyl sites for hydroxylation is 2. The first kappa shape index (κ1) is 19.1. The van der Waals surface area contributed by atoms with Crippen LogP contribution in [-0.2, 0) is 9.53 Å². The molecule has 7 heteroatoms. The molecule has 0 saturated heterocycles. The molecule has 2 aromatic carbocycles. The molecule has 0 heterocycles. The summed E-state index contributed by atoms with van der Waals surface area (Å²) in [6, 6.07) is 9.78. The molecule has 2 rings (SSSR count). The lowest BCUT2D eigenvalue weighted by Crippen LogP contribution is -2.30. The Balaban J connectivity index is 2.12. The van der Waals surface area contributed by atoms with E-state index < -0.39 is 22.9 Å². The largest absolute Gasteiger partial charge is 0.449 e. The van der Waals surface area contributed by atoms with Gasteiger partial charge in [0.1, 0.15) is 0 Å². The number of anilines is 1. The molecular weight excluding hydrogens is 336 g/mol. The van der Waals surface area contributed by atoms with Crippen molar-refractivity contribution < 1.29 is 19.2 Å². The summed E-state index contributed by atoms with van der Waals surface area (Å²) in [5, 5.41) is 13.7. The summed E-state index contributed by atoms with van der Waals surface area (Å²) in [6.45, 7) is 6.68. The number of hydrogen-bond acceptors (Lipinski definition) is 5. The second-order valence-corrected chi connectivity index (χ2v) is 6.06. The Labute approximate surface area is 151 Å². The zero-order valence-corrected chi connectivity index (χ0v) is 15.0. The van der Waals surface area contributed by atoms with Crippen molar-refractivity contribution >= 4 is 23.3 Å². The molecule has 0 saturated carbocycles. The van der Waals surface area contributed by atoms with Crippen molar-refractivity contribution in [3.8, 4) is 0 Å². The molecule has 0 aliphatic rings. The highest BCUT2D eigenvalue weighted by Gasteiger charge is 2.23. The number of carbonyl (C=O) groups excluding carboxylic acids is 2. The molecule has 1 amide bonds. The molecule has 2 aromatic rings. The molecule has 0 radical (unpaired) electrons. The van der Waals surface area contributed by atoms with Crippen molar-refractivity contribution in [2.75, 3.05) is 5.32 Å². The average Bonchev–Trinajstić information content (AvgIpc) is 2.57. The van der Waals surface area contributed by atoms with E-state index in [4.69, 9.17) is 4.74 Å². The molecule has 26 heavy (non-hydrogen) atoms. The summed E-state index contributed by atoms with van der Waals surface area (Å²) in [6.07, 6.45) is -1.05. The predicted octanol–water partition coefficient (Wildman–Crippen LogP) is 3.70. The van der Waals surface area contributed by atoms with Crippen LogP contribution in [0.2, 0.25) is 0 Å². The van der Waals surface area contributed by atoms with Crippen LogP contribution in [0.25, 0.3) is 0 Å². The Morgan fingerprint density at radius 2 is 1.85 bits per heavy atom. The third kappa shape index (κ3) is 4.24. The van der Waals surface area contributed by atoms with Crippen LogP contribution in [-0.4, -0.2) is 22.9 Å². The molecule has 136 valence electrons. The zero-order chi connectivity index (χ0) is 19.4. The molecule has 0 bridgehead atoms. The Morgan fingerprint density at radius 3 is 2.50 bits per heavy atom. The highest BCUT2D eigenvalue weighted by molar-refractivity contribution is 5.98. The highest BCUT2D eigenvalue weighted by Crippen LogP contribution is 2.22. The van der Waals surface area contributed by atoms with Gasteiger partial charge < -0.3 is 10.1 Å². The number of hydrogen-bond donors (Lipinski definition) is 1. The van der Waals surface area contributed by atoms with Crippen LogP contribution in [0.4, 0.5) is 11.4 Å². The number of benzene rings is 2. The van der Waals surface area contributed by atoms with Gasteiger partial charge in [0, 0.05) is 17.3 Å². The Morgan fingerprint density at radius 1 is 1.15 bits per heavy atom. The average molecular weight is 356 g/mol. The van der Waals surface area contributed by atoms with Crippen LogP contribution in [0.5, 0.6) is 0 Å². The summed E-state index contributed by atoms with van der Waals surface area (Å²) in [5.41, 5.74) is 2.60. The Kier molecular flexibility index (Phi) is 5.71. The van der Waals surface area contributed by atoms with Crippen molar-refractivity contribution in [1.82, 2.24) is 0 Å². The van der Waals surface area contributed by atoms with Crippen molar-refractivity contribution in [2.45, 2.75) is 33.8 Å². The van der Waals surface area contributed by atoms with Crippen LogP contribution in [0.3, 0.4) is 0 Å². The lowest BCUT2D eigenvalue weighted by molar-refractivity contribution is -0.385. The fourth-order valence-electron chi connectivity index (χ4n) is 2.42. The third-order valence-electron chi connectivity index (χ3n) is 4.03. The SMILES string of the molecule is Cc1ccc(C)c(NC(=O)[C@@H](C)OC(=O)c2cccc([N+](=O)[O-])c2C)c1. The summed E-state index contributed by atoms with van der Waals surface area (Å²) in [5.74, 6) is -1.26. The number of carbonyl (C=O) groups is 2. The van der Waals surface area contributed by atoms with Crippen LogP contribution in [0.15, 0.2) is 36.4 Å². The molecule has 1 N–H and O–H groups in total. The van der Waals surface area contributed by atoms with Gasteiger partial charge in [0.2, 0.25) is 0 Å². The van der Waals surface area contributed by atoms with Gasteiger partial charge in [-0.1, -0.05) is 18.2 Å². The van der Waals surface area contributed by atoms with E-state index in [9.17, 15) is 19.7 Å². The van der Waals surface area contributed by atoms with Crippen LogP contribution < -0.4 is 5.32 Å². The fourth-order valence-corrected chi connectivity index (χ4v) is 2.42. The van der Waals surface area contributed by atoms with E-state index in [0.29, 0.717) is 5.69 Å². The van der Waals surface area contributed by atoms with Crippen LogP contribution in [0, 0.1) is 30.9 Å². The van der Waals surface area contributed by atoms with Gasteiger partial charge in [-0.2, -0.15) is 0 Å². The Bertz CT molecular complexity index is 876. The van der Waals surface area contributed by atoms with Gasteiger partial charge in [-0.15, -0.1) is 0 Å². The second kappa shape index (κ2) is 7.77. The minimum absolute atomic E-state index is 0.0607. The molecule has 0 unspecified atom stereocenters. The number of rotatable bonds is 5. The summed E-state index contributed by atoms with van der Waals surface area (Å²) < 4.78 is 5.18. The Hall–Kier alpha value is -3.22. The topological polar surface area (TPSA) is 98.5 Å². The minimum atomic E-state index is -1.05. The van der Waals surface area contributed by atoms with E-state index in [-0.39, 0.29) is 16.8 Å². The lowest BCUT2D eigenvalue weighted by atomic mass is 10.1. The third-order valence-corrected chi connectivity index (χ3v) is 4.03. The normalized spacial score (nSPS) is 11.5. The van der Waals surface area contributed by atoms with Crippen LogP contribution >= 0.6 is 0 Å². The van der Waals surface area contributed by atoms with Crippen molar-refractivity contribution in [2.24, 2.45) is 0 Å². The second-order valence-electron chi connectivity index (χ2n) is 6.06. The summed E-state index contributed by atoms with van der Waals surface area (Å²) in [4.78, 5) is 35.0. The first-order chi connectivity index (χ1) is 12.2. The lowest BCUT2D eigenvalue weighted by Gasteiger charge is -2.15. The molecule has 0 fully saturated rings. The number of ether oxygens (including phenoxy) is 1. The van der Waals surface area contributed by atoms with Gasteiger partial charge in [-0.05, 0) is 51.0 Å². The first-order valence-electron chi connectivity index (χ1n) is 8.03. The van der Waals surface area contributed by atoms with E-state index in [1.54, 1.807) is 0 Å². The monoisotopic (exact) mass is 356 g/mol. The van der Waals surface area contributed by atoms with Crippen LogP contribution in [0.1, 0.15) is 34.0 Å². The van der Waals surface area contributed by atoms with Gasteiger partial charge in [0.25, 0.3) is 11.6 Å². The number of nitro groups is 1. The highest BCUT2D eigenvalue weighted by atomic mass is 16.6. The van der Waals surface area contributed by atoms with Crippen molar-refractivity contribution in [1.29, 1.82) is 0 Å². The van der Waals surface area contributed by atoms with Crippen molar-refractivity contribution in [3.63, 3.8) is 0 Å². The molecule has 7 nitrogen and oxygen atoms in total. The summed E-state index contributed by atoms with van der Waals surface area (Å²) in [7, 11) is 0. The quantitative estimate of drug-likeness (QED) is 0.500. The van der Waals surface area contributed by atoms with E-state index in [1.807, 2.05) is 32.0 Å². The predicted molar refractivity (Wildman–Crippen MR) is 97.3 cm³/mol. The molecule has 1 atom stereocenters. The van der Waals surface area contributed by atoms with Gasteiger partial charge in [0.05, 0.1) is 10.5 Å². The van der Waals surface area contributed by atoms with Gasteiger partial charge in [-0.25, -0.2) is 4.79 Å². The zero-order valence-electron chi connectivity index (χ0n) is 15.0. The standard InChI is InChI=1S/C19H20N2O5/c1-11-8-9-12(2)16(10-11)20-18(22)14(4)26-19(23)15-6-5-7-17(13(15)3)21(24)25/h5-10,14H,1-4H3,(H,20,22)/t14-/m1/s1. The molecule has 0 spiro atoms. The van der Waals surface area contributed by atoms with E-state index >= 15 is 0 Å². The van der Waals surface area contributed by atoms with Gasteiger partial charge in [0.15, 0.2) is 6.10 Å². The first-order valence-corrected chi connectivity index (χ1v) is 8.03. The number of esters is 1. The maximum absolute atomic E-state index is 12.3. The van der Waals surface area contributed by atoms with Gasteiger partial charge >= 0.3 is 5.97 Å². The van der Waals surface area contributed by atoms with Gasteiger partial charge in [-0.3, -0.25) is 14.9 Å². The molecular formula is C19H20N2O5.